The summed E-state index contributed by atoms with van der Waals surface area (Å²) in [5, 5.41) is 2.97. The quantitative estimate of drug-likeness (QED) is 0.569. The molecule has 3 aromatic rings. The summed E-state index contributed by atoms with van der Waals surface area (Å²) in [4.78, 5) is 41.8. The van der Waals surface area contributed by atoms with Gasteiger partial charge in [0.15, 0.2) is 5.82 Å². The van der Waals surface area contributed by atoms with Gasteiger partial charge in [0, 0.05) is 36.6 Å². The predicted molar refractivity (Wildman–Crippen MR) is 123 cm³/mol. The first-order valence-electron chi connectivity index (χ1n) is 11.0. The van der Waals surface area contributed by atoms with E-state index in [0.29, 0.717) is 49.8 Å². The number of aromatic nitrogens is 3. The van der Waals surface area contributed by atoms with Crippen molar-refractivity contribution in [2.24, 2.45) is 5.18 Å². The lowest BCUT2D eigenvalue weighted by Crippen LogP contribution is -2.45. The highest BCUT2D eigenvalue weighted by Crippen LogP contribution is 2.32. The lowest BCUT2D eigenvalue weighted by Gasteiger charge is -2.37. The van der Waals surface area contributed by atoms with Crippen molar-refractivity contribution in [1.29, 1.82) is 0 Å². The Morgan fingerprint density at radius 3 is 2.73 bits per heavy atom. The molecule has 2 aliphatic heterocycles. The van der Waals surface area contributed by atoms with Crippen LogP contribution in [0.1, 0.15) is 28.5 Å². The summed E-state index contributed by atoms with van der Waals surface area (Å²) in [6, 6.07) is 10.6. The number of carbonyl (C=O) groups is 1. The van der Waals surface area contributed by atoms with Crippen LogP contribution in [0.4, 0.5) is 11.5 Å². The summed E-state index contributed by atoms with van der Waals surface area (Å²) in [6.07, 6.45) is 3.92. The van der Waals surface area contributed by atoms with Gasteiger partial charge >= 0.3 is 0 Å². The van der Waals surface area contributed by atoms with Crippen LogP contribution >= 0.6 is 0 Å². The molecule has 2 aromatic heterocycles. The second kappa shape index (κ2) is 9.03. The van der Waals surface area contributed by atoms with Gasteiger partial charge in [-0.2, -0.15) is 0 Å². The van der Waals surface area contributed by atoms with Crippen molar-refractivity contribution in [2.45, 2.75) is 25.9 Å². The number of benzene rings is 1. The molecule has 1 fully saturated rings. The first-order chi connectivity index (χ1) is 16.1. The molecular formula is C24H24N6O3. The van der Waals surface area contributed by atoms with Crippen LogP contribution in [0.5, 0.6) is 0 Å². The number of fused-ring (bicyclic) bond motifs is 1. The molecule has 1 saturated heterocycles. The number of carbonyl (C=O) groups excluding carboxylic acids is 1. The summed E-state index contributed by atoms with van der Waals surface area (Å²) in [5.41, 5.74) is 3.63. The summed E-state index contributed by atoms with van der Waals surface area (Å²) in [7, 11) is 0. The maximum atomic E-state index is 13.0. The monoisotopic (exact) mass is 444 g/mol. The number of pyridine rings is 1. The first kappa shape index (κ1) is 21.1. The van der Waals surface area contributed by atoms with Crippen molar-refractivity contribution in [3.8, 4) is 11.4 Å². The molecule has 0 spiro atoms. The zero-order valence-electron chi connectivity index (χ0n) is 18.3. The number of rotatable bonds is 4. The van der Waals surface area contributed by atoms with E-state index in [1.54, 1.807) is 48.8 Å². The highest BCUT2D eigenvalue weighted by molar-refractivity contribution is 5.94. The second-order valence-corrected chi connectivity index (χ2v) is 8.27. The molecule has 2 aliphatic rings. The van der Waals surface area contributed by atoms with E-state index >= 15 is 0 Å². The van der Waals surface area contributed by atoms with Crippen LogP contribution in [0, 0.1) is 4.91 Å². The van der Waals surface area contributed by atoms with Gasteiger partial charge in [0.1, 0.15) is 11.5 Å². The van der Waals surface area contributed by atoms with Crippen LogP contribution in [0.2, 0.25) is 0 Å². The van der Waals surface area contributed by atoms with Crippen LogP contribution in [0.15, 0.2) is 54.0 Å². The van der Waals surface area contributed by atoms with Gasteiger partial charge in [0.2, 0.25) is 0 Å². The van der Waals surface area contributed by atoms with Crippen LogP contribution in [0.25, 0.3) is 11.4 Å². The third-order valence-corrected chi connectivity index (χ3v) is 6.11. The Balaban J connectivity index is 1.55. The highest BCUT2D eigenvalue weighted by atomic mass is 16.5. The summed E-state index contributed by atoms with van der Waals surface area (Å²) >= 11 is 0. The van der Waals surface area contributed by atoms with Gasteiger partial charge in [0.05, 0.1) is 37.1 Å². The van der Waals surface area contributed by atoms with E-state index in [4.69, 9.17) is 14.7 Å². The Labute approximate surface area is 191 Å². The zero-order chi connectivity index (χ0) is 22.8. The van der Waals surface area contributed by atoms with Gasteiger partial charge in [-0.15, -0.1) is 4.91 Å². The minimum absolute atomic E-state index is 0.0587. The van der Waals surface area contributed by atoms with E-state index < -0.39 is 0 Å². The van der Waals surface area contributed by atoms with Crippen molar-refractivity contribution < 1.29 is 9.53 Å². The number of amides is 1. The average Bonchev–Trinajstić information content (AvgIpc) is 2.88. The molecule has 168 valence electrons. The van der Waals surface area contributed by atoms with Gasteiger partial charge in [0.25, 0.3) is 5.91 Å². The number of nitroso groups, excluding NO2 is 1. The second-order valence-electron chi connectivity index (χ2n) is 8.27. The molecule has 9 heteroatoms. The number of hydrogen-bond donors (Lipinski definition) is 0. The lowest BCUT2D eigenvalue weighted by molar-refractivity contribution is 0.0731. The number of morpholine rings is 1. The maximum Gasteiger partial charge on any atom is 0.255 e. The van der Waals surface area contributed by atoms with Crippen LogP contribution in [-0.2, 0) is 17.7 Å². The standard InChI is InChI=1S/C24H24N6O3/c1-16-15-33-12-11-30(16)23-20-8-10-29(24(31)18-3-2-9-25-13-18)14-21(20)26-22(27-23)17-4-6-19(28-32)7-5-17/h2-7,9,13,16H,8,10-12,14-15H2,1H3/t16-/m0/s1. The molecule has 0 N–H and O–H groups in total. The fourth-order valence-electron chi connectivity index (χ4n) is 4.34. The van der Waals surface area contributed by atoms with Crippen LogP contribution in [0.3, 0.4) is 0 Å². The molecule has 0 bridgehead atoms. The van der Waals surface area contributed by atoms with Gasteiger partial charge in [-0.1, -0.05) is 0 Å². The van der Waals surface area contributed by atoms with Crippen molar-refractivity contribution in [1.82, 2.24) is 19.9 Å². The topological polar surface area (TPSA) is 101 Å². The van der Waals surface area contributed by atoms with Crippen molar-refractivity contribution in [3.05, 3.63) is 70.5 Å². The van der Waals surface area contributed by atoms with Crippen LogP contribution < -0.4 is 4.90 Å². The van der Waals surface area contributed by atoms with Gasteiger partial charge in [-0.05, 0) is 54.9 Å². The maximum absolute atomic E-state index is 13.0. The minimum atomic E-state index is -0.0587. The Hall–Kier alpha value is -3.72. The van der Waals surface area contributed by atoms with Crippen molar-refractivity contribution >= 4 is 17.4 Å². The summed E-state index contributed by atoms with van der Waals surface area (Å²) in [6.45, 7) is 5.14. The molecule has 0 aliphatic carbocycles. The molecule has 1 atom stereocenters. The van der Waals surface area contributed by atoms with E-state index in [1.807, 2.05) is 4.90 Å². The van der Waals surface area contributed by atoms with Crippen LogP contribution in [-0.4, -0.2) is 58.1 Å². The Morgan fingerprint density at radius 2 is 2.00 bits per heavy atom. The summed E-state index contributed by atoms with van der Waals surface area (Å²) in [5.74, 6) is 1.41. The largest absolute Gasteiger partial charge is 0.377 e. The molecule has 9 nitrogen and oxygen atoms in total. The molecule has 1 amide bonds. The fraction of sp³-hybridized carbons (Fsp3) is 0.333. The number of ether oxygens (including phenoxy) is 1. The van der Waals surface area contributed by atoms with E-state index in [9.17, 15) is 9.70 Å². The summed E-state index contributed by atoms with van der Waals surface area (Å²) < 4.78 is 5.63. The molecule has 0 radical (unpaired) electrons. The van der Waals surface area contributed by atoms with Gasteiger partial charge < -0.3 is 14.5 Å². The third-order valence-electron chi connectivity index (χ3n) is 6.11. The number of hydrogen-bond acceptors (Lipinski definition) is 8. The van der Waals surface area contributed by atoms with E-state index in [1.165, 1.54) is 0 Å². The van der Waals surface area contributed by atoms with Crippen molar-refractivity contribution in [3.63, 3.8) is 0 Å². The molecule has 0 saturated carbocycles. The van der Waals surface area contributed by atoms with E-state index in [2.05, 4.69) is 22.0 Å². The van der Waals surface area contributed by atoms with Gasteiger partial charge in [-0.25, -0.2) is 9.97 Å². The van der Waals surface area contributed by atoms with E-state index in [0.717, 1.165) is 29.2 Å². The normalized spacial score (nSPS) is 18.0. The lowest BCUT2D eigenvalue weighted by atomic mass is 10.0. The highest BCUT2D eigenvalue weighted by Gasteiger charge is 2.30. The fourth-order valence-corrected chi connectivity index (χ4v) is 4.34. The SMILES string of the molecule is C[C@H]1COCCN1c1nc(-c2ccc(N=O)cc2)nc2c1CCN(C(=O)c1cccnc1)C2. The molecule has 1 aromatic carbocycles. The molecule has 0 unspecified atom stereocenters. The molecular weight excluding hydrogens is 420 g/mol. The minimum Gasteiger partial charge on any atom is -0.377 e. The van der Waals surface area contributed by atoms with E-state index in [-0.39, 0.29) is 11.9 Å². The number of nitrogens with zero attached hydrogens (tertiary/aromatic N) is 6. The molecule has 5 rings (SSSR count). The zero-order valence-corrected chi connectivity index (χ0v) is 18.3. The smallest absolute Gasteiger partial charge is 0.255 e. The Kier molecular flexibility index (Phi) is 5.78. The third kappa shape index (κ3) is 4.19. The van der Waals surface area contributed by atoms with Gasteiger partial charge in [-0.3, -0.25) is 9.78 Å². The predicted octanol–water partition coefficient (Wildman–Crippen LogP) is 3.36. The average molecular weight is 444 g/mol. The Morgan fingerprint density at radius 1 is 1.15 bits per heavy atom. The first-order valence-corrected chi connectivity index (χ1v) is 11.0. The molecule has 4 heterocycles. The molecule has 33 heavy (non-hydrogen) atoms. The Bertz CT molecular complexity index is 1170. The number of anilines is 1. The van der Waals surface area contributed by atoms with Crippen molar-refractivity contribution in [2.75, 3.05) is 31.2 Å².